The first kappa shape index (κ1) is 22.7. The van der Waals surface area contributed by atoms with Gasteiger partial charge in [-0.2, -0.15) is 4.98 Å². The summed E-state index contributed by atoms with van der Waals surface area (Å²) in [6.07, 6.45) is 7.86. The normalized spacial score (nSPS) is 18.8. The van der Waals surface area contributed by atoms with E-state index in [1.165, 1.54) is 29.5 Å². The number of pyridine rings is 1. The molecule has 1 aromatic carbocycles. The van der Waals surface area contributed by atoms with Gasteiger partial charge in [0.1, 0.15) is 17.2 Å². The quantitative estimate of drug-likeness (QED) is 0.370. The van der Waals surface area contributed by atoms with Crippen molar-refractivity contribution in [2.45, 2.75) is 50.5 Å². The predicted molar refractivity (Wildman–Crippen MR) is 141 cm³/mol. The smallest absolute Gasteiger partial charge is 0.256 e. The Labute approximate surface area is 211 Å². The van der Waals surface area contributed by atoms with Crippen LogP contribution in [0.5, 0.6) is 0 Å². The Morgan fingerprint density at radius 3 is 2.92 bits per heavy atom. The molecule has 6 rings (SSSR count). The van der Waals surface area contributed by atoms with Crippen LogP contribution in [0.1, 0.15) is 64.8 Å². The number of rotatable bonds is 7. The fourth-order valence-corrected chi connectivity index (χ4v) is 5.40. The first-order chi connectivity index (χ1) is 17.5. The van der Waals surface area contributed by atoms with Crippen molar-refractivity contribution in [3.63, 3.8) is 0 Å². The lowest BCUT2D eigenvalue weighted by atomic mass is 9.88. The molecule has 1 spiro atoms. The molecule has 1 atom stereocenters. The summed E-state index contributed by atoms with van der Waals surface area (Å²) in [6.45, 7) is 8.16. The van der Waals surface area contributed by atoms with Gasteiger partial charge in [0.2, 0.25) is 5.95 Å². The number of carbonyl (C=O) groups is 1. The number of aromatic nitrogens is 3. The lowest BCUT2D eigenvalue weighted by molar-refractivity contribution is 0.0958. The third-order valence-corrected chi connectivity index (χ3v) is 7.58. The van der Waals surface area contributed by atoms with Crippen LogP contribution in [0.2, 0.25) is 0 Å². The summed E-state index contributed by atoms with van der Waals surface area (Å²) in [4.78, 5) is 26.8. The van der Waals surface area contributed by atoms with Gasteiger partial charge in [0.25, 0.3) is 5.91 Å². The van der Waals surface area contributed by atoms with E-state index in [9.17, 15) is 4.79 Å². The Hall–Kier alpha value is -3.78. The number of aryl methyl sites for hydroxylation is 1. The number of nitrogens with zero attached hydrogens (tertiary/aromatic N) is 3. The molecule has 1 amide bonds. The Morgan fingerprint density at radius 2 is 2.08 bits per heavy atom. The molecule has 0 bridgehead atoms. The van der Waals surface area contributed by atoms with Gasteiger partial charge >= 0.3 is 0 Å². The summed E-state index contributed by atoms with van der Waals surface area (Å²) in [6, 6.07) is 10.6. The van der Waals surface area contributed by atoms with E-state index in [0.717, 1.165) is 37.3 Å². The van der Waals surface area contributed by atoms with E-state index in [0.29, 0.717) is 41.0 Å². The van der Waals surface area contributed by atoms with Crippen LogP contribution in [0, 0.1) is 0 Å². The maximum Gasteiger partial charge on any atom is 0.256 e. The zero-order chi connectivity index (χ0) is 24.7. The van der Waals surface area contributed by atoms with E-state index in [1.54, 1.807) is 12.3 Å². The Bertz CT molecular complexity index is 1350. The minimum absolute atomic E-state index is 0.270. The highest BCUT2D eigenvalue weighted by atomic mass is 16.1. The van der Waals surface area contributed by atoms with Crippen LogP contribution < -0.4 is 21.3 Å². The number of fused-ring (bicyclic) bond motifs is 3. The summed E-state index contributed by atoms with van der Waals surface area (Å²) in [5.41, 5.74) is 6.79. The van der Waals surface area contributed by atoms with E-state index in [1.807, 2.05) is 6.07 Å². The molecular weight excluding hydrogens is 450 g/mol. The van der Waals surface area contributed by atoms with Gasteiger partial charge in [0.05, 0.1) is 0 Å². The maximum absolute atomic E-state index is 12.8. The minimum Gasteiger partial charge on any atom is -0.348 e. The fraction of sp³-hybridized carbons (Fsp3) is 0.357. The summed E-state index contributed by atoms with van der Waals surface area (Å²) in [5, 5.41) is 13.0. The molecule has 1 saturated carbocycles. The average Bonchev–Trinajstić information content (AvgIpc) is 3.56. The molecule has 4 N–H and O–H groups in total. The largest absolute Gasteiger partial charge is 0.348 e. The van der Waals surface area contributed by atoms with Crippen LogP contribution >= 0.6 is 0 Å². The SMILES string of the molecule is C=CCNC(=O)c1cnc(Nc2ccc3c(c2)CNCC32CC2)nc1Nc1ccc2c(n1)C(C)CC2. The highest BCUT2D eigenvalue weighted by Crippen LogP contribution is 2.50. The maximum atomic E-state index is 12.8. The van der Waals surface area contributed by atoms with Crippen molar-refractivity contribution >= 4 is 29.2 Å². The van der Waals surface area contributed by atoms with Crippen molar-refractivity contribution < 1.29 is 4.79 Å². The first-order valence-corrected chi connectivity index (χ1v) is 12.7. The molecule has 3 aromatic rings. The third-order valence-electron chi connectivity index (χ3n) is 7.58. The number of benzene rings is 1. The number of hydrogen-bond acceptors (Lipinski definition) is 7. The second kappa shape index (κ2) is 9.02. The molecule has 1 aliphatic heterocycles. The third kappa shape index (κ3) is 4.22. The number of hydrogen-bond donors (Lipinski definition) is 4. The molecule has 1 unspecified atom stereocenters. The van der Waals surface area contributed by atoms with Crippen molar-refractivity contribution in [3.8, 4) is 0 Å². The number of anilines is 4. The van der Waals surface area contributed by atoms with Crippen molar-refractivity contribution in [2.75, 3.05) is 23.7 Å². The standard InChI is InChI=1S/C28H31N7O/c1-3-12-30-26(36)21-15-31-27(32-20-7-8-22-19(13-20)14-29-16-28(22)10-11-28)35-25(21)34-23-9-6-18-5-4-17(2)24(18)33-23/h3,6-9,13,15,17,29H,1,4-5,10-12,14,16H2,2H3,(H,30,36)(H2,31,32,33,34,35). The molecule has 8 nitrogen and oxygen atoms in total. The second-order valence-corrected chi connectivity index (χ2v) is 10.1. The second-order valence-electron chi connectivity index (χ2n) is 10.1. The summed E-state index contributed by atoms with van der Waals surface area (Å²) in [5.74, 6) is 1.64. The topological polar surface area (TPSA) is 104 Å². The van der Waals surface area contributed by atoms with Gasteiger partial charge in [-0.25, -0.2) is 9.97 Å². The van der Waals surface area contributed by atoms with Gasteiger partial charge in [0.15, 0.2) is 0 Å². The predicted octanol–water partition coefficient (Wildman–Crippen LogP) is 4.46. The molecule has 0 radical (unpaired) electrons. The summed E-state index contributed by atoms with van der Waals surface area (Å²) >= 11 is 0. The van der Waals surface area contributed by atoms with Crippen LogP contribution in [0.25, 0.3) is 0 Å². The number of nitrogens with one attached hydrogen (secondary N) is 4. The van der Waals surface area contributed by atoms with E-state index in [4.69, 9.17) is 4.98 Å². The lowest BCUT2D eigenvalue weighted by Gasteiger charge is -2.26. The van der Waals surface area contributed by atoms with Gasteiger partial charge in [-0.1, -0.05) is 25.1 Å². The van der Waals surface area contributed by atoms with E-state index in [2.05, 4.69) is 69.0 Å². The molecule has 1 fully saturated rings. The van der Waals surface area contributed by atoms with Gasteiger partial charge in [0, 0.05) is 42.6 Å². The molecule has 3 heterocycles. The minimum atomic E-state index is -0.270. The monoisotopic (exact) mass is 481 g/mol. The van der Waals surface area contributed by atoms with Gasteiger partial charge < -0.3 is 21.3 Å². The highest BCUT2D eigenvalue weighted by Gasteiger charge is 2.46. The van der Waals surface area contributed by atoms with Crippen molar-refractivity contribution in [3.05, 3.63) is 77.1 Å². The molecular formula is C28H31N7O. The van der Waals surface area contributed by atoms with E-state index < -0.39 is 0 Å². The zero-order valence-electron chi connectivity index (χ0n) is 20.5. The number of amides is 1. The average molecular weight is 482 g/mol. The van der Waals surface area contributed by atoms with Crippen molar-refractivity contribution in [1.29, 1.82) is 0 Å². The summed E-state index contributed by atoms with van der Waals surface area (Å²) < 4.78 is 0. The molecule has 184 valence electrons. The highest BCUT2D eigenvalue weighted by molar-refractivity contribution is 5.99. The first-order valence-electron chi connectivity index (χ1n) is 12.7. The molecule has 0 saturated heterocycles. The van der Waals surface area contributed by atoms with Crippen molar-refractivity contribution in [2.24, 2.45) is 0 Å². The molecule has 2 aromatic heterocycles. The molecule has 36 heavy (non-hydrogen) atoms. The Balaban J connectivity index is 1.29. The van der Waals surface area contributed by atoms with Gasteiger partial charge in [-0.15, -0.1) is 6.58 Å². The summed E-state index contributed by atoms with van der Waals surface area (Å²) in [7, 11) is 0. The van der Waals surface area contributed by atoms with Crippen LogP contribution in [0.3, 0.4) is 0 Å². The molecule has 3 aliphatic rings. The van der Waals surface area contributed by atoms with Gasteiger partial charge in [-0.05, 0) is 66.5 Å². The van der Waals surface area contributed by atoms with E-state index >= 15 is 0 Å². The lowest BCUT2D eigenvalue weighted by Crippen LogP contribution is -2.33. The van der Waals surface area contributed by atoms with Crippen LogP contribution in [0.4, 0.5) is 23.3 Å². The van der Waals surface area contributed by atoms with Crippen LogP contribution in [-0.2, 0) is 18.4 Å². The Morgan fingerprint density at radius 1 is 1.19 bits per heavy atom. The zero-order valence-corrected chi connectivity index (χ0v) is 20.5. The van der Waals surface area contributed by atoms with Crippen molar-refractivity contribution in [1.82, 2.24) is 25.6 Å². The number of carbonyl (C=O) groups excluding carboxylic acids is 1. The fourth-order valence-electron chi connectivity index (χ4n) is 5.40. The van der Waals surface area contributed by atoms with E-state index in [-0.39, 0.29) is 5.91 Å². The van der Waals surface area contributed by atoms with Crippen LogP contribution in [0.15, 0.2) is 49.2 Å². The molecule has 8 heteroatoms. The van der Waals surface area contributed by atoms with Crippen LogP contribution in [-0.4, -0.2) is 33.9 Å². The molecule has 2 aliphatic carbocycles. The Kier molecular flexibility index (Phi) is 5.68. The van der Waals surface area contributed by atoms with Gasteiger partial charge in [-0.3, -0.25) is 4.79 Å².